The van der Waals surface area contributed by atoms with E-state index in [0.29, 0.717) is 11.8 Å². The summed E-state index contributed by atoms with van der Waals surface area (Å²) < 4.78 is 0. The van der Waals surface area contributed by atoms with Crippen molar-refractivity contribution in [2.24, 2.45) is 11.8 Å². The fourth-order valence-electron chi connectivity index (χ4n) is 9.11. The Hall–Kier alpha value is -4.51. The van der Waals surface area contributed by atoms with Crippen LogP contribution >= 0.6 is 0 Å². The number of carbonyl (C=O) groups is 1. The van der Waals surface area contributed by atoms with Gasteiger partial charge in [-0.25, -0.2) is 9.97 Å². The minimum absolute atomic E-state index is 0.182. The number of ketones is 1. The highest BCUT2D eigenvalue weighted by molar-refractivity contribution is 5.91. The van der Waals surface area contributed by atoms with Crippen molar-refractivity contribution in [2.75, 3.05) is 0 Å². The van der Waals surface area contributed by atoms with E-state index in [-0.39, 0.29) is 17.6 Å². The minimum atomic E-state index is -0.182. The highest BCUT2D eigenvalue weighted by Crippen LogP contribution is 2.40. The zero-order chi connectivity index (χ0) is 34.0. The summed E-state index contributed by atoms with van der Waals surface area (Å²) in [5, 5.41) is 2.33. The number of rotatable bonds is 12. The van der Waals surface area contributed by atoms with Crippen molar-refractivity contribution in [1.29, 1.82) is 0 Å². The summed E-state index contributed by atoms with van der Waals surface area (Å²) in [7, 11) is 0. The summed E-state index contributed by atoms with van der Waals surface area (Å²) in [5.74, 6) is 2.00. The maximum absolute atomic E-state index is 14.0. The third-order valence-corrected chi connectivity index (χ3v) is 12.2. The first-order valence-electron chi connectivity index (χ1n) is 19.1. The number of aromatic nitrogens is 4. The molecule has 0 aliphatic heterocycles. The number of aromatic amines is 2. The average Bonchev–Trinajstić information content (AvgIpc) is 3.99. The summed E-state index contributed by atoms with van der Waals surface area (Å²) in [6.07, 6.45) is 16.6. The Balaban J connectivity index is 0.989. The molecule has 2 N–H and O–H groups in total. The molecule has 2 fully saturated rings. The highest BCUT2D eigenvalue weighted by Gasteiger charge is 2.28. The molecule has 50 heavy (non-hydrogen) atoms. The molecule has 2 aliphatic rings. The van der Waals surface area contributed by atoms with E-state index in [4.69, 9.17) is 0 Å². The van der Waals surface area contributed by atoms with Gasteiger partial charge in [-0.2, -0.15) is 0 Å². The molecule has 4 aromatic heterocycles. The van der Waals surface area contributed by atoms with Gasteiger partial charge in [-0.15, -0.1) is 0 Å². The predicted octanol–water partition coefficient (Wildman–Crippen LogP) is 11.3. The molecule has 2 saturated carbocycles. The Morgan fingerprint density at radius 3 is 1.36 bits per heavy atom. The number of Topliss-reactive ketones (excluding diaryl/α,β-unsaturated/α-hetero) is 1. The zero-order valence-corrected chi connectivity index (χ0v) is 29.6. The van der Waals surface area contributed by atoms with Crippen LogP contribution in [0.1, 0.15) is 135 Å². The molecule has 8 rings (SSSR count). The van der Waals surface area contributed by atoms with Crippen molar-refractivity contribution in [2.45, 2.75) is 102 Å². The molecule has 5 nitrogen and oxygen atoms in total. The van der Waals surface area contributed by atoms with Gasteiger partial charge in [0.1, 0.15) is 17.1 Å². The number of pyridine rings is 2. The molecule has 4 unspecified atom stereocenters. The van der Waals surface area contributed by atoms with E-state index >= 15 is 0 Å². The Kier molecular flexibility index (Phi) is 9.40. The maximum atomic E-state index is 14.0. The molecule has 0 radical (unpaired) electrons. The number of fused-ring (bicyclic) bond motifs is 2. The van der Waals surface area contributed by atoms with Crippen LogP contribution in [-0.2, 0) is 4.79 Å². The molecule has 6 aromatic rings. The SMILES string of the molecule is CC(C(=O)C(C)c1ccc(C(CC2CCCC2)c2cc3cccnc3[nH]2)cc1)c1ccc(C(CC2CCCC2)c2cc3cccnc3[nH]2)cc1. The monoisotopic (exact) mass is 662 g/mol. The van der Waals surface area contributed by atoms with Gasteiger partial charge in [-0.3, -0.25) is 4.79 Å². The highest BCUT2D eigenvalue weighted by atomic mass is 16.1. The molecule has 0 bridgehead atoms. The van der Waals surface area contributed by atoms with Gasteiger partial charge in [0, 0.05) is 58.2 Å². The zero-order valence-electron chi connectivity index (χ0n) is 29.6. The third kappa shape index (κ3) is 6.80. The number of nitrogens with one attached hydrogen (secondary N) is 2. The van der Waals surface area contributed by atoms with E-state index in [1.807, 2.05) is 24.5 Å². The lowest BCUT2D eigenvalue weighted by molar-refractivity contribution is -0.121. The summed E-state index contributed by atoms with van der Waals surface area (Å²) in [6, 6.07) is 30.7. The van der Waals surface area contributed by atoms with Gasteiger partial charge in [-0.05, 0) is 83.3 Å². The van der Waals surface area contributed by atoms with E-state index in [2.05, 4.69) is 107 Å². The molecule has 2 aromatic carbocycles. The van der Waals surface area contributed by atoms with Crippen LogP contribution < -0.4 is 0 Å². The number of carbonyl (C=O) groups excluding carboxylic acids is 1. The summed E-state index contributed by atoms with van der Waals surface area (Å²) >= 11 is 0. The van der Waals surface area contributed by atoms with Crippen LogP contribution in [0.2, 0.25) is 0 Å². The van der Waals surface area contributed by atoms with E-state index in [1.54, 1.807) is 0 Å². The second kappa shape index (κ2) is 14.4. The molecule has 0 saturated heterocycles. The number of hydrogen-bond donors (Lipinski definition) is 2. The largest absolute Gasteiger partial charge is 0.343 e. The molecule has 0 amide bonds. The van der Waals surface area contributed by atoms with Gasteiger partial charge in [0.2, 0.25) is 0 Å². The van der Waals surface area contributed by atoms with Crippen molar-refractivity contribution in [1.82, 2.24) is 19.9 Å². The number of nitrogens with zero attached hydrogens (tertiary/aromatic N) is 2. The number of H-pyrrole nitrogens is 2. The van der Waals surface area contributed by atoms with Crippen LogP contribution in [0.4, 0.5) is 0 Å². The first-order chi connectivity index (χ1) is 24.5. The Morgan fingerprint density at radius 1 is 0.600 bits per heavy atom. The first-order valence-corrected chi connectivity index (χ1v) is 19.1. The molecule has 4 heterocycles. The summed E-state index contributed by atoms with van der Waals surface area (Å²) in [6.45, 7) is 4.15. The van der Waals surface area contributed by atoms with E-state index in [1.165, 1.54) is 73.9 Å². The molecule has 5 heteroatoms. The Morgan fingerprint density at radius 2 is 0.980 bits per heavy atom. The number of benzene rings is 2. The van der Waals surface area contributed by atoms with Crippen LogP contribution in [-0.4, -0.2) is 25.7 Å². The van der Waals surface area contributed by atoms with Gasteiger partial charge in [0.15, 0.2) is 0 Å². The molecule has 2 aliphatic carbocycles. The van der Waals surface area contributed by atoms with Crippen LogP contribution in [0.5, 0.6) is 0 Å². The lowest BCUT2D eigenvalue weighted by Gasteiger charge is -2.22. The quantitative estimate of drug-likeness (QED) is 0.137. The second-order valence-corrected chi connectivity index (χ2v) is 15.4. The predicted molar refractivity (Wildman–Crippen MR) is 204 cm³/mol. The van der Waals surface area contributed by atoms with Gasteiger partial charge < -0.3 is 9.97 Å². The first kappa shape index (κ1) is 32.7. The van der Waals surface area contributed by atoms with Crippen molar-refractivity contribution in [3.63, 3.8) is 0 Å². The molecule has 4 atom stereocenters. The third-order valence-electron chi connectivity index (χ3n) is 12.2. The van der Waals surface area contributed by atoms with Crippen LogP contribution in [0.25, 0.3) is 22.1 Å². The number of hydrogen-bond acceptors (Lipinski definition) is 3. The van der Waals surface area contributed by atoms with E-state index < -0.39 is 0 Å². The topological polar surface area (TPSA) is 74.4 Å². The van der Waals surface area contributed by atoms with E-state index in [9.17, 15) is 4.79 Å². The van der Waals surface area contributed by atoms with Gasteiger partial charge in [0.05, 0.1) is 0 Å². The normalized spacial score (nSPS) is 18.1. The molecular formula is C45H50N4O. The average molecular weight is 663 g/mol. The van der Waals surface area contributed by atoms with Gasteiger partial charge >= 0.3 is 0 Å². The standard InChI is InChI=1S/C45H50N4O/c1-29(33-15-19-35(20-16-33)39(25-31-9-3-4-10-31)41-27-37-13-7-23-46-44(37)48-41)43(50)30(2)34-17-21-36(22-18-34)40(26-32-11-5-6-12-32)42-28-38-14-8-24-47-45(38)49-42/h7-8,13-24,27-32,39-40H,3-6,9-12,25-26H2,1-2H3,(H,46,48)(H,47,49). The lowest BCUT2D eigenvalue weighted by Crippen LogP contribution is -2.17. The maximum Gasteiger partial charge on any atom is 0.147 e. The second-order valence-electron chi connectivity index (χ2n) is 15.4. The fourth-order valence-corrected chi connectivity index (χ4v) is 9.11. The molecule has 0 spiro atoms. The van der Waals surface area contributed by atoms with Gasteiger partial charge in [-0.1, -0.05) is 114 Å². The van der Waals surface area contributed by atoms with Crippen molar-refractivity contribution in [3.05, 3.63) is 131 Å². The fraction of sp³-hybridized carbons (Fsp3) is 0.400. The van der Waals surface area contributed by atoms with Crippen molar-refractivity contribution in [3.8, 4) is 0 Å². The Bertz CT molecular complexity index is 1830. The molecule has 256 valence electrons. The van der Waals surface area contributed by atoms with E-state index in [0.717, 1.165) is 57.9 Å². The lowest BCUT2D eigenvalue weighted by atomic mass is 9.82. The summed E-state index contributed by atoms with van der Waals surface area (Å²) in [4.78, 5) is 30.4. The van der Waals surface area contributed by atoms with Gasteiger partial charge in [0.25, 0.3) is 0 Å². The van der Waals surface area contributed by atoms with Crippen molar-refractivity contribution >= 4 is 27.9 Å². The van der Waals surface area contributed by atoms with Crippen molar-refractivity contribution < 1.29 is 4.79 Å². The minimum Gasteiger partial charge on any atom is -0.343 e. The van der Waals surface area contributed by atoms with Crippen LogP contribution in [0.15, 0.2) is 97.3 Å². The summed E-state index contributed by atoms with van der Waals surface area (Å²) in [5.41, 5.74) is 9.19. The van der Waals surface area contributed by atoms with Crippen LogP contribution in [0.3, 0.4) is 0 Å². The molecular weight excluding hydrogens is 613 g/mol. The smallest absolute Gasteiger partial charge is 0.147 e. The Labute approximate surface area is 296 Å². The van der Waals surface area contributed by atoms with Crippen LogP contribution in [0, 0.1) is 11.8 Å².